The molecule has 5 nitrogen and oxygen atoms in total. The number of halogens is 1. The number of hydrogen-bond acceptors (Lipinski definition) is 3. The zero-order valence-corrected chi connectivity index (χ0v) is 13.4. The van der Waals surface area contributed by atoms with Crippen LogP contribution in [0.25, 0.3) is 0 Å². The topological polar surface area (TPSA) is 57.7 Å². The largest absolute Gasteiger partial charge is 0.337 e. The first-order chi connectivity index (χ1) is 10.3. The minimum Gasteiger partial charge on any atom is -0.337 e. The average Bonchev–Trinajstić information content (AvgIpc) is 2.47. The predicted molar refractivity (Wildman–Crippen MR) is 81.2 cm³/mol. The van der Waals surface area contributed by atoms with Gasteiger partial charge in [0.15, 0.2) is 0 Å². The molecule has 1 amide bonds. The van der Waals surface area contributed by atoms with Crippen molar-refractivity contribution in [3.63, 3.8) is 0 Å². The van der Waals surface area contributed by atoms with E-state index in [1.165, 1.54) is 28.6 Å². The Morgan fingerprint density at radius 3 is 2.27 bits per heavy atom. The maximum Gasteiger partial charge on any atom is 0.246 e. The van der Waals surface area contributed by atoms with Gasteiger partial charge in [0.25, 0.3) is 0 Å². The van der Waals surface area contributed by atoms with Gasteiger partial charge in [-0.15, -0.1) is 0 Å². The summed E-state index contributed by atoms with van der Waals surface area (Å²) in [7, 11) is -3.86. The lowest BCUT2D eigenvalue weighted by Crippen LogP contribution is -2.50. The summed E-state index contributed by atoms with van der Waals surface area (Å²) >= 11 is 0. The maximum atomic E-state index is 13.7. The molecule has 1 saturated heterocycles. The van der Waals surface area contributed by atoms with Gasteiger partial charge in [0.2, 0.25) is 15.9 Å². The third-order valence-corrected chi connectivity index (χ3v) is 5.35. The molecule has 0 aliphatic carbocycles. The first kappa shape index (κ1) is 16.6. The lowest BCUT2D eigenvalue weighted by atomic mass is 10.3. The highest BCUT2D eigenvalue weighted by Gasteiger charge is 2.31. The summed E-state index contributed by atoms with van der Waals surface area (Å²) in [6, 6.07) is 5.32. The highest BCUT2D eigenvalue weighted by atomic mass is 32.2. The van der Waals surface area contributed by atoms with E-state index < -0.39 is 15.8 Å². The van der Waals surface area contributed by atoms with Gasteiger partial charge in [0, 0.05) is 32.3 Å². The number of carbonyl (C=O) groups excluding carboxylic acids is 1. The van der Waals surface area contributed by atoms with E-state index in [0.717, 1.165) is 11.6 Å². The van der Waals surface area contributed by atoms with Gasteiger partial charge in [-0.25, -0.2) is 12.8 Å². The van der Waals surface area contributed by atoms with E-state index in [4.69, 9.17) is 0 Å². The molecule has 7 heteroatoms. The molecule has 0 bridgehead atoms. The molecule has 2 rings (SSSR count). The fraction of sp³-hybridized carbons (Fsp3) is 0.400. The molecule has 0 unspecified atom stereocenters. The zero-order valence-electron chi connectivity index (χ0n) is 12.6. The van der Waals surface area contributed by atoms with Gasteiger partial charge in [0.1, 0.15) is 10.7 Å². The van der Waals surface area contributed by atoms with Crippen molar-refractivity contribution in [2.45, 2.75) is 18.7 Å². The Balaban J connectivity index is 2.10. The van der Waals surface area contributed by atoms with Gasteiger partial charge in [-0.3, -0.25) is 4.79 Å². The van der Waals surface area contributed by atoms with Crippen LogP contribution in [0.3, 0.4) is 0 Å². The molecule has 0 radical (unpaired) electrons. The van der Waals surface area contributed by atoms with Crippen LogP contribution in [-0.4, -0.2) is 49.7 Å². The van der Waals surface area contributed by atoms with Crippen molar-refractivity contribution in [1.82, 2.24) is 9.21 Å². The minimum absolute atomic E-state index is 0.122. The molecular formula is C15H19FN2O3S. The number of allylic oxidation sites excluding steroid dienone is 1. The summed E-state index contributed by atoms with van der Waals surface area (Å²) in [6.45, 7) is 4.60. The highest BCUT2D eigenvalue weighted by Crippen LogP contribution is 2.20. The molecule has 1 aliphatic heterocycles. The SMILES string of the molecule is CC(C)=CC(=O)N1CCN(S(=O)(=O)c2ccccc2F)CC1. The minimum atomic E-state index is -3.86. The van der Waals surface area contributed by atoms with E-state index in [0.29, 0.717) is 13.1 Å². The van der Waals surface area contributed by atoms with E-state index in [9.17, 15) is 17.6 Å². The van der Waals surface area contributed by atoms with Crippen LogP contribution >= 0.6 is 0 Å². The summed E-state index contributed by atoms with van der Waals surface area (Å²) in [5.41, 5.74) is 0.895. The second kappa shape index (κ2) is 6.58. The molecule has 0 N–H and O–H groups in total. The molecule has 1 aromatic rings. The number of piperazine rings is 1. The second-order valence-electron chi connectivity index (χ2n) is 5.38. The Morgan fingerprint density at radius 2 is 1.73 bits per heavy atom. The van der Waals surface area contributed by atoms with Gasteiger partial charge in [-0.2, -0.15) is 4.31 Å². The van der Waals surface area contributed by atoms with Crippen molar-refractivity contribution < 1.29 is 17.6 Å². The van der Waals surface area contributed by atoms with E-state index in [-0.39, 0.29) is 23.9 Å². The Bertz CT molecular complexity index is 688. The third-order valence-electron chi connectivity index (χ3n) is 3.42. The van der Waals surface area contributed by atoms with E-state index in [2.05, 4.69) is 0 Å². The first-order valence-corrected chi connectivity index (χ1v) is 8.45. The molecule has 0 saturated carbocycles. The van der Waals surface area contributed by atoms with E-state index >= 15 is 0 Å². The van der Waals surface area contributed by atoms with Crippen LogP contribution in [0.5, 0.6) is 0 Å². The van der Waals surface area contributed by atoms with Crippen LogP contribution in [-0.2, 0) is 14.8 Å². The average molecular weight is 326 g/mol. The Morgan fingerprint density at radius 1 is 1.14 bits per heavy atom. The lowest BCUT2D eigenvalue weighted by molar-refractivity contribution is -0.127. The summed E-state index contributed by atoms with van der Waals surface area (Å²) < 4.78 is 39.8. The molecule has 1 fully saturated rings. The molecular weight excluding hydrogens is 307 g/mol. The monoisotopic (exact) mass is 326 g/mol. The number of amides is 1. The van der Waals surface area contributed by atoms with Crippen molar-refractivity contribution in [3.8, 4) is 0 Å². The Hall–Kier alpha value is -1.73. The van der Waals surface area contributed by atoms with Crippen LogP contribution in [0.2, 0.25) is 0 Å². The molecule has 1 aromatic carbocycles. The summed E-state index contributed by atoms with van der Waals surface area (Å²) in [6.07, 6.45) is 1.53. The van der Waals surface area contributed by atoms with Crippen molar-refractivity contribution in [1.29, 1.82) is 0 Å². The normalized spacial score (nSPS) is 16.4. The van der Waals surface area contributed by atoms with E-state index in [1.54, 1.807) is 4.90 Å². The summed E-state index contributed by atoms with van der Waals surface area (Å²) in [5.74, 6) is -0.881. The molecule has 1 heterocycles. The Kier molecular flexibility index (Phi) is 4.97. The molecule has 1 aliphatic rings. The van der Waals surface area contributed by atoms with Crippen LogP contribution < -0.4 is 0 Å². The van der Waals surface area contributed by atoms with Crippen molar-refractivity contribution in [2.75, 3.05) is 26.2 Å². The molecule has 0 spiro atoms. The van der Waals surface area contributed by atoms with Gasteiger partial charge in [-0.05, 0) is 26.0 Å². The number of nitrogens with zero attached hydrogens (tertiary/aromatic N) is 2. The van der Waals surface area contributed by atoms with Crippen LogP contribution in [0.4, 0.5) is 4.39 Å². The molecule has 120 valence electrons. The quantitative estimate of drug-likeness (QED) is 0.793. The number of carbonyl (C=O) groups is 1. The fourth-order valence-corrected chi connectivity index (χ4v) is 3.77. The number of hydrogen-bond donors (Lipinski definition) is 0. The first-order valence-electron chi connectivity index (χ1n) is 7.01. The number of benzene rings is 1. The van der Waals surface area contributed by atoms with Gasteiger partial charge in [-0.1, -0.05) is 17.7 Å². The smallest absolute Gasteiger partial charge is 0.246 e. The zero-order chi connectivity index (χ0) is 16.3. The summed E-state index contributed by atoms with van der Waals surface area (Å²) in [4.78, 5) is 13.2. The van der Waals surface area contributed by atoms with Crippen LogP contribution in [0, 0.1) is 5.82 Å². The summed E-state index contributed by atoms with van der Waals surface area (Å²) in [5, 5.41) is 0. The highest BCUT2D eigenvalue weighted by molar-refractivity contribution is 7.89. The van der Waals surface area contributed by atoms with Crippen molar-refractivity contribution in [2.24, 2.45) is 0 Å². The Labute approximate surface area is 130 Å². The number of sulfonamides is 1. The van der Waals surface area contributed by atoms with Gasteiger partial charge >= 0.3 is 0 Å². The lowest BCUT2D eigenvalue weighted by Gasteiger charge is -2.33. The third kappa shape index (κ3) is 3.53. The van der Waals surface area contributed by atoms with Crippen LogP contribution in [0.1, 0.15) is 13.8 Å². The second-order valence-corrected chi connectivity index (χ2v) is 7.29. The van der Waals surface area contributed by atoms with E-state index in [1.807, 2.05) is 13.8 Å². The van der Waals surface area contributed by atoms with Gasteiger partial charge in [0.05, 0.1) is 0 Å². The molecule has 0 atom stereocenters. The van der Waals surface area contributed by atoms with Crippen LogP contribution in [0.15, 0.2) is 40.8 Å². The van der Waals surface area contributed by atoms with Crippen molar-refractivity contribution in [3.05, 3.63) is 41.7 Å². The van der Waals surface area contributed by atoms with Crippen molar-refractivity contribution >= 4 is 15.9 Å². The number of rotatable bonds is 3. The van der Waals surface area contributed by atoms with Gasteiger partial charge < -0.3 is 4.90 Å². The molecule has 0 aromatic heterocycles. The maximum absolute atomic E-state index is 13.7. The standard InChI is InChI=1S/C15H19FN2O3S/c1-12(2)11-15(19)17-7-9-18(10-8-17)22(20,21)14-6-4-3-5-13(14)16/h3-6,11H,7-10H2,1-2H3. The predicted octanol–water partition coefficient (Wildman–Crippen LogP) is 1.62. The molecule has 22 heavy (non-hydrogen) atoms. The fourth-order valence-electron chi connectivity index (χ4n) is 2.28.